The lowest BCUT2D eigenvalue weighted by molar-refractivity contribution is 0.0689. The van der Waals surface area contributed by atoms with Crippen LogP contribution in [0.25, 0.3) is 11.3 Å². The van der Waals surface area contributed by atoms with Crippen molar-refractivity contribution >= 4 is 5.97 Å². The van der Waals surface area contributed by atoms with Gasteiger partial charge in [0, 0.05) is 12.6 Å². The second-order valence-electron chi connectivity index (χ2n) is 4.59. The van der Waals surface area contributed by atoms with E-state index < -0.39 is 5.97 Å². The zero-order valence-corrected chi connectivity index (χ0v) is 10.6. The highest BCUT2D eigenvalue weighted by Gasteiger charge is 2.19. The van der Waals surface area contributed by atoms with E-state index in [1.54, 1.807) is 17.8 Å². The van der Waals surface area contributed by atoms with Crippen molar-refractivity contribution in [3.05, 3.63) is 35.5 Å². The Morgan fingerprint density at radius 1 is 1.47 bits per heavy atom. The molecule has 0 saturated carbocycles. The fourth-order valence-corrected chi connectivity index (χ4v) is 2.41. The number of hydrogen-bond donors (Lipinski definition) is 1. The summed E-state index contributed by atoms with van der Waals surface area (Å²) in [5.41, 5.74) is 2.88. The van der Waals surface area contributed by atoms with Gasteiger partial charge in [0.15, 0.2) is 5.69 Å². The number of aryl methyl sites for hydroxylation is 2. The van der Waals surface area contributed by atoms with Crippen LogP contribution in [0.4, 0.5) is 0 Å². The molecule has 19 heavy (non-hydrogen) atoms. The number of carboxylic acid groups (broad SMARTS) is 1. The van der Waals surface area contributed by atoms with E-state index in [-0.39, 0.29) is 5.69 Å². The lowest BCUT2D eigenvalue weighted by Crippen LogP contribution is -2.09. The molecule has 2 heterocycles. The van der Waals surface area contributed by atoms with Gasteiger partial charge in [-0.1, -0.05) is 12.1 Å². The number of carbonyl (C=O) groups is 1. The quantitative estimate of drug-likeness (QED) is 0.896. The van der Waals surface area contributed by atoms with Crippen molar-refractivity contribution in [2.45, 2.75) is 12.8 Å². The molecule has 0 fully saturated rings. The molecule has 1 aromatic carbocycles. The minimum atomic E-state index is -1.02. The van der Waals surface area contributed by atoms with E-state index in [1.165, 1.54) is 5.56 Å². The molecule has 2 aromatic rings. The number of rotatable bonds is 2. The van der Waals surface area contributed by atoms with E-state index >= 15 is 0 Å². The molecular weight excluding hydrogens is 244 g/mol. The molecule has 98 valence electrons. The molecule has 1 aliphatic rings. The van der Waals surface area contributed by atoms with Gasteiger partial charge >= 0.3 is 5.97 Å². The third-order valence-electron chi connectivity index (χ3n) is 3.31. The van der Waals surface area contributed by atoms with Crippen LogP contribution in [0.3, 0.4) is 0 Å². The summed E-state index contributed by atoms with van der Waals surface area (Å²) in [7, 11) is 1.74. The van der Waals surface area contributed by atoms with Gasteiger partial charge in [-0.05, 0) is 30.5 Å². The van der Waals surface area contributed by atoms with Gasteiger partial charge in [-0.15, -0.1) is 0 Å². The number of nitrogens with zero attached hydrogens (tertiary/aromatic N) is 2. The Morgan fingerprint density at radius 2 is 2.32 bits per heavy atom. The molecule has 0 radical (unpaired) electrons. The Morgan fingerprint density at radius 3 is 3.05 bits per heavy atom. The molecule has 0 bridgehead atoms. The number of para-hydroxylation sites is 1. The number of benzene rings is 1. The zero-order valence-electron chi connectivity index (χ0n) is 10.6. The molecule has 0 amide bonds. The van der Waals surface area contributed by atoms with Gasteiger partial charge in [0.05, 0.1) is 12.3 Å². The third kappa shape index (κ3) is 1.97. The number of carboxylic acids is 1. The lowest BCUT2D eigenvalue weighted by atomic mass is 10.0. The van der Waals surface area contributed by atoms with Gasteiger partial charge < -0.3 is 9.84 Å². The fourth-order valence-electron chi connectivity index (χ4n) is 2.41. The monoisotopic (exact) mass is 258 g/mol. The first-order valence-corrected chi connectivity index (χ1v) is 6.19. The molecule has 0 atom stereocenters. The average Bonchev–Trinajstić information content (AvgIpc) is 2.80. The molecular formula is C14H14N2O3. The Balaban J connectivity index is 2.14. The molecule has 5 heteroatoms. The van der Waals surface area contributed by atoms with E-state index in [2.05, 4.69) is 5.10 Å². The van der Waals surface area contributed by atoms with Gasteiger partial charge in [-0.3, -0.25) is 4.68 Å². The second-order valence-corrected chi connectivity index (χ2v) is 4.59. The first kappa shape index (κ1) is 11.8. The Labute approximate surface area is 110 Å². The number of ether oxygens (including phenoxy) is 1. The molecule has 0 aliphatic carbocycles. The second kappa shape index (κ2) is 4.42. The van der Waals surface area contributed by atoms with Crippen LogP contribution in [0.2, 0.25) is 0 Å². The van der Waals surface area contributed by atoms with Gasteiger partial charge in [0.25, 0.3) is 0 Å². The highest BCUT2D eigenvalue weighted by Crippen LogP contribution is 2.36. The summed E-state index contributed by atoms with van der Waals surface area (Å²) in [5.74, 6) is -0.166. The Bertz CT molecular complexity index is 646. The van der Waals surface area contributed by atoms with Gasteiger partial charge in [-0.2, -0.15) is 5.10 Å². The normalized spacial score (nSPS) is 13.7. The van der Waals surface area contributed by atoms with Crippen molar-refractivity contribution in [2.24, 2.45) is 7.05 Å². The summed E-state index contributed by atoms with van der Waals surface area (Å²) in [6.07, 6.45) is 2.01. The van der Waals surface area contributed by atoms with Crippen molar-refractivity contribution in [1.82, 2.24) is 9.78 Å². The van der Waals surface area contributed by atoms with Gasteiger partial charge in [0.1, 0.15) is 5.75 Å². The third-order valence-corrected chi connectivity index (χ3v) is 3.31. The van der Waals surface area contributed by atoms with Crippen LogP contribution in [0.1, 0.15) is 22.5 Å². The summed E-state index contributed by atoms with van der Waals surface area (Å²) >= 11 is 0. The van der Waals surface area contributed by atoms with Gasteiger partial charge in [-0.25, -0.2) is 4.79 Å². The predicted octanol–water partition coefficient (Wildman–Crippen LogP) is 2.11. The number of fused-ring (bicyclic) bond motifs is 1. The van der Waals surface area contributed by atoms with Crippen LogP contribution in [0.15, 0.2) is 24.3 Å². The van der Waals surface area contributed by atoms with Crippen molar-refractivity contribution < 1.29 is 14.6 Å². The van der Waals surface area contributed by atoms with E-state index in [4.69, 9.17) is 9.84 Å². The smallest absolute Gasteiger partial charge is 0.356 e. The Hall–Kier alpha value is -2.30. The molecule has 1 N–H and O–H groups in total. The predicted molar refractivity (Wildman–Crippen MR) is 69.4 cm³/mol. The number of aromatic nitrogens is 2. The van der Waals surface area contributed by atoms with E-state index in [0.29, 0.717) is 6.61 Å². The molecule has 3 rings (SSSR count). The van der Waals surface area contributed by atoms with Crippen molar-refractivity contribution in [3.63, 3.8) is 0 Å². The molecule has 0 saturated heterocycles. The topological polar surface area (TPSA) is 64.4 Å². The van der Waals surface area contributed by atoms with Crippen LogP contribution in [0.5, 0.6) is 5.75 Å². The first-order valence-electron chi connectivity index (χ1n) is 6.19. The van der Waals surface area contributed by atoms with Crippen LogP contribution in [-0.4, -0.2) is 27.5 Å². The van der Waals surface area contributed by atoms with E-state index in [9.17, 15) is 4.79 Å². The average molecular weight is 258 g/mol. The number of aromatic carboxylic acids is 1. The summed E-state index contributed by atoms with van der Waals surface area (Å²) < 4.78 is 7.33. The van der Waals surface area contributed by atoms with Crippen molar-refractivity contribution in [3.8, 4) is 17.0 Å². The van der Waals surface area contributed by atoms with Crippen LogP contribution >= 0.6 is 0 Å². The van der Waals surface area contributed by atoms with Crippen LogP contribution in [-0.2, 0) is 13.5 Å². The van der Waals surface area contributed by atoms with Gasteiger partial charge in [0.2, 0.25) is 0 Å². The first-order chi connectivity index (χ1) is 9.16. The van der Waals surface area contributed by atoms with E-state index in [0.717, 1.165) is 29.8 Å². The maximum atomic E-state index is 11.0. The largest absolute Gasteiger partial charge is 0.493 e. The Kier molecular flexibility index (Phi) is 2.74. The summed E-state index contributed by atoms with van der Waals surface area (Å²) in [4.78, 5) is 11.0. The minimum Gasteiger partial charge on any atom is -0.493 e. The van der Waals surface area contributed by atoms with Crippen LogP contribution < -0.4 is 4.74 Å². The summed E-state index contributed by atoms with van der Waals surface area (Å²) in [5, 5.41) is 13.0. The minimum absolute atomic E-state index is 0.0471. The van der Waals surface area contributed by atoms with Crippen molar-refractivity contribution in [1.29, 1.82) is 0 Å². The zero-order chi connectivity index (χ0) is 13.4. The highest BCUT2D eigenvalue weighted by molar-refractivity contribution is 5.87. The summed E-state index contributed by atoms with van der Waals surface area (Å²) in [6.45, 7) is 0.702. The number of hydrogen-bond acceptors (Lipinski definition) is 3. The van der Waals surface area contributed by atoms with E-state index in [1.807, 2.05) is 18.2 Å². The molecule has 5 nitrogen and oxygen atoms in total. The maximum absolute atomic E-state index is 11.0. The summed E-state index contributed by atoms with van der Waals surface area (Å²) in [6, 6.07) is 7.53. The molecule has 1 aromatic heterocycles. The fraction of sp³-hybridized carbons (Fsp3) is 0.286. The standard InChI is InChI=1S/C14H14N2O3/c1-16-12(8-11(15-16)14(17)18)10-6-2-4-9-5-3-7-19-13(9)10/h2,4,6,8H,3,5,7H2,1H3,(H,17,18). The molecule has 0 unspecified atom stereocenters. The maximum Gasteiger partial charge on any atom is 0.356 e. The van der Waals surface area contributed by atoms with Crippen molar-refractivity contribution in [2.75, 3.05) is 6.61 Å². The lowest BCUT2D eigenvalue weighted by Gasteiger charge is -2.20. The molecule has 0 spiro atoms. The van der Waals surface area contributed by atoms with Crippen LogP contribution in [0, 0.1) is 0 Å². The highest BCUT2D eigenvalue weighted by atomic mass is 16.5. The molecule has 1 aliphatic heterocycles. The SMILES string of the molecule is Cn1nc(C(=O)O)cc1-c1cccc2c1OCCC2.